The number of hydrogen-bond donors (Lipinski definition) is 3. The lowest BCUT2D eigenvalue weighted by Gasteiger charge is -2.31. The zero-order chi connectivity index (χ0) is 23.8. The lowest BCUT2D eigenvalue weighted by atomic mass is 10.0. The molecule has 2 N–H and O–H groups in total. The molecule has 2 atom stereocenters. The molecule has 1 rings (SSSR count). The van der Waals surface area contributed by atoms with Crippen molar-refractivity contribution in [1.82, 2.24) is 15.5 Å². The van der Waals surface area contributed by atoms with Gasteiger partial charge in [-0.15, -0.1) is 0 Å². The summed E-state index contributed by atoms with van der Waals surface area (Å²) in [5.74, 6) is -1.74. The van der Waals surface area contributed by atoms with Crippen molar-refractivity contribution in [2.75, 3.05) is 26.5 Å². The molecule has 0 aliphatic heterocycles. The van der Waals surface area contributed by atoms with Crippen LogP contribution in [0.3, 0.4) is 0 Å². The summed E-state index contributed by atoms with van der Waals surface area (Å²) in [6.45, 7) is 6.67. The zero-order valence-corrected chi connectivity index (χ0v) is 19.6. The number of amides is 3. The van der Waals surface area contributed by atoms with Gasteiger partial charge in [-0.05, 0) is 33.3 Å². The van der Waals surface area contributed by atoms with Crippen LogP contribution in [-0.4, -0.2) is 66.9 Å². The number of alkyl carbamates (subject to hydrolysis) is 1. The van der Waals surface area contributed by atoms with Crippen LogP contribution in [-0.2, 0) is 23.9 Å². The van der Waals surface area contributed by atoms with Crippen LogP contribution in [0, 0.1) is 6.92 Å². The van der Waals surface area contributed by atoms with Crippen LogP contribution >= 0.6 is 12.6 Å². The Bertz CT molecular complexity index is 791. The average molecular weight is 454 g/mol. The van der Waals surface area contributed by atoms with E-state index >= 15 is 0 Å². The second-order valence-electron chi connectivity index (χ2n) is 7.94. The molecule has 31 heavy (non-hydrogen) atoms. The molecule has 3 amide bonds. The van der Waals surface area contributed by atoms with E-state index in [1.54, 1.807) is 32.9 Å². The van der Waals surface area contributed by atoms with Gasteiger partial charge in [-0.1, -0.05) is 29.8 Å². The highest BCUT2D eigenvalue weighted by Crippen LogP contribution is 2.22. The van der Waals surface area contributed by atoms with Gasteiger partial charge in [0.1, 0.15) is 24.2 Å². The third-order valence-electron chi connectivity index (χ3n) is 4.18. The Morgan fingerprint density at radius 2 is 1.71 bits per heavy atom. The number of nitrogens with zero attached hydrogens (tertiary/aromatic N) is 1. The van der Waals surface area contributed by atoms with Gasteiger partial charge < -0.3 is 25.0 Å². The summed E-state index contributed by atoms with van der Waals surface area (Å²) >= 11 is 4.16. The van der Waals surface area contributed by atoms with Crippen LogP contribution in [0.5, 0.6) is 0 Å². The summed E-state index contributed by atoms with van der Waals surface area (Å²) in [6, 6.07) is 4.99. The molecule has 0 aliphatic rings. The van der Waals surface area contributed by atoms with E-state index in [1.165, 1.54) is 19.1 Å². The summed E-state index contributed by atoms with van der Waals surface area (Å²) in [5, 5.41) is 4.96. The third kappa shape index (κ3) is 8.49. The van der Waals surface area contributed by atoms with E-state index < -0.39 is 41.6 Å². The van der Waals surface area contributed by atoms with Gasteiger partial charge >= 0.3 is 12.1 Å². The Hall–Kier alpha value is -2.75. The standard InChI is InChI=1S/C21H31N3O6S/c1-13-7-9-14(10-8-13)17(18(26)22-11-16(25)29-6)24(5)19(27)15(12-31)23-20(28)30-21(2,3)4/h7-10,15,17,31H,11-12H2,1-6H3,(H,22,26)(H,23,28). The largest absolute Gasteiger partial charge is 0.468 e. The monoisotopic (exact) mass is 453 g/mol. The number of hydrogen-bond acceptors (Lipinski definition) is 7. The van der Waals surface area contributed by atoms with Gasteiger partial charge in [0.25, 0.3) is 0 Å². The Labute approximate surface area is 188 Å². The lowest BCUT2D eigenvalue weighted by Crippen LogP contribution is -2.52. The Morgan fingerprint density at radius 1 is 1.13 bits per heavy atom. The van der Waals surface area contributed by atoms with Crippen LogP contribution < -0.4 is 10.6 Å². The number of nitrogens with one attached hydrogen (secondary N) is 2. The number of thiol groups is 1. The molecule has 0 saturated heterocycles. The minimum Gasteiger partial charge on any atom is -0.468 e. The SMILES string of the molecule is COC(=O)CNC(=O)C(c1ccc(C)cc1)N(C)C(=O)C(CS)NC(=O)OC(C)(C)C. The molecule has 0 saturated carbocycles. The fourth-order valence-electron chi connectivity index (χ4n) is 2.64. The fraction of sp³-hybridized carbons (Fsp3) is 0.524. The maximum absolute atomic E-state index is 13.1. The molecule has 0 heterocycles. The molecule has 0 spiro atoms. The normalized spacial score (nSPS) is 12.9. The van der Waals surface area contributed by atoms with Gasteiger partial charge in [0, 0.05) is 12.8 Å². The maximum atomic E-state index is 13.1. The number of ether oxygens (including phenoxy) is 2. The molecule has 9 nitrogen and oxygen atoms in total. The van der Waals surface area contributed by atoms with Gasteiger partial charge in [-0.25, -0.2) is 4.79 Å². The number of rotatable bonds is 8. The first-order valence-electron chi connectivity index (χ1n) is 9.67. The molecular formula is C21H31N3O6S. The lowest BCUT2D eigenvalue weighted by molar-refractivity contribution is -0.143. The van der Waals surface area contributed by atoms with Gasteiger partial charge in [0.05, 0.1) is 7.11 Å². The third-order valence-corrected chi connectivity index (χ3v) is 4.55. The van der Waals surface area contributed by atoms with E-state index in [9.17, 15) is 19.2 Å². The molecule has 0 aromatic heterocycles. The van der Waals surface area contributed by atoms with Crippen LogP contribution in [0.4, 0.5) is 4.79 Å². The van der Waals surface area contributed by atoms with E-state index in [0.29, 0.717) is 5.56 Å². The van der Waals surface area contributed by atoms with Crippen molar-refractivity contribution in [2.24, 2.45) is 0 Å². The number of esters is 1. The quantitative estimate of drug-likeness (QED) is 0.407. The van der Waals surface area contributed by atoms with Crippen molar-refractivity contribution >= 4 is 36.5 Å². The second kappa shape index (κ2) is 11.6. The Kier molecular flexibility index (Phi) is 9.83. The van der Waals surface area contributed by atoms with Crippen LogP contribution in [0.15, 0.2) is 24.3 Å². The molecule has 2 unspecified atom stereocenters. The highest BCUT2D eigenvalue weighted by Gasteiger charge is 2.33. The molecule has 1 aromatic rings. The molecule has 1 aromatic carbocycles. The highest BCUT2D eigenvalue weighted by molar-refractivity contribution is 7.80. The van der Waals surface area contributed by atoms with E-state index in [4.69, 9.17) is 4.74 Å². The Morgan fingerprint density at radius 3 is 2.19 bits per heavy atom. The van der Waals surface area contributed by atoms with Gasteiger partial charge in [-0.2, -0.15) is 12.6 Å². The predicted octanol–water partition coefficient (Wildman–Crippen LogP) is 1.61. The van der Waals surface area contributed by atoms with E-state index in [1.807, 2.05) is 19.1 Å². The molecule has 0 bridgehead atoms. The highest BCUT2D eigenvalue weighted by atomic mass is 32.1. The number of methoxy groups -OCH3 is 1. The second-order valence-corrected chi connectivity index (χ2v) is 8.30. The molecule has 0 fully saturated rings. The summed E-state index contributed by atoms with van der Waals surface area (Å²) in [6.07, 6.45) is -0.768. The Balaban J connectivity index is 3.10. The first-order valence-corrected chi connectivity index (χ1v) is 10.3. The van der Waals surface area contributed by atoms with E-state index in [0.717, 1.165) is 5.56 Å². The molecular weight excluding hydrogens is 422 g/mol. The van der Waals surface area contributed by atoms with Crippen LogP contribution in [0.1, 0.15) is 37.9 Å². The average Bonchev–Trinajstić information content (AvgIpc) is 2.69. The number of likely N-dealkylation sites (N-methyl/N-ethyl adjacent to an activating group) is 1. The topological polar surface area (TPSA) is 114 Å². The van der Waals surface area contributed by atoms with E-state index in [-0.39, 0.29) is 12.3 Å². The van der Waals surface area contributed by atoms with Gasteiger partial charge in [0.15, 0.2) is 0 Å². The van der Waals surface area contributed by atoms with Crippen molar-refractivity contribution in [3.05, 3.63) is 35.4 Å². The first kappa shape index (κ1) is 26.3. The summed E-state index contributed by atoms with van der Waals surface area (Å²) in [4.78, 5) is 50.7. The number of benzene rings is 1. The van der Waals surface area contributed by atoms with Crippen LogP contribution in [0.2, 0.25) is 0 Å². The molecule has 0 radical (unpaired) electrons. The van der Waals surface area contributed by atoms with Gasteiger partial charge in [0.2, 0.25) is 11.8 Å². The number of carbonyl (C=O) groups is 4. The predicted molar refractivity (Wildman–Crippen MR) is 119 cm³/mol. The van der Waals surface area contributed by atoms with Crippen LogP contribution in [0.25, 0.3) is 0 Å². The number of aryl methyl sites for hydroxylation is 1. The first-order chi connectivity index (χ1) is 14.4. The summed E-state index contributed by atoms with van der Waals surface area (Å²) < 4.78 is 9.74. The zero-order valence-electron chi connectivity index (χ0n) is 18.7. The maximum Gasteiger partial charge on any atom is 0.408 e. The minimum atomic E-state index is -1.04. The van der Waals surface area contributed by atoms with Crippen molar-refractivity contribution in [1.29, 1.82) is 0 Å². The van der Waals surface area contributed by atoms with Crippen molar-refractivity contribution < 1.29 is 28.7 Å². The van der Waals surface area contributed by atoms with Crippen molar-refractivity contribution in [3.63, 3.8) is 0 Å². The number of carbonyl (C=O) groups excluding carboxylic acids is 4. The molecule has 0 aliphatic carbocycles. The van der Waals surface area contributed by atoms with Gasteiger partial charge in [-0.3, -0.25) is 14.4 Å². The fourth-order valence-corrected chi connectivity index (χ4v) is 2.88. The van der Waals surface area contributed by atoms with E-state index in [2.05, 4.69) is 28.0 Å². The summed E-state index contributed by atoms with van der Waals surface area (Å²) in [7, 11) is 2.65. The van der Waals surface area contributed by atoms with Crippen molar-refractivity contribution in [2.45, 2.75) is 45.4 Å². The molecule has 10 heteroatoms. The van der Waals surface area contributed by atoms with Crippen molar-refractivity contribution in [3.8, 4) is 0 Å². The minimum absolute atomic E-state index is 0.00713. The summed E-state index contributed by atoms with van der Waals surface area (Å²) in [5.41, 5.74) is 0.781. The molecule has 172 valence electrons. The smallest absolute Gasteiger partial charge is 0.408 e.